The summed E-state index contributed by atoms with van der Waals surface area (Å²) in [5.74, 6) is 1.07. The lowest BCUT2D eigenvalue weighted by Gasteiger charge is -2.35. The molecule has 1 unspecified atom stereocenters. The molecule has 0 saturated heterocycles. The van der Waals surface area contributed by atoms with Crippen LogP contribution in [0.15, 0.2) is 0 Å². The highest BCUT2D eigenvalue weighted by Crippen LogP contribution is 2.35. The fourth-order valence-corrected chi connectivity index (χ4v) is 3.87. The molecule has 2 rings (SSSR count). The Labute approximate surface area is 108 Å². The van der Waals surface area contributed by atoms with E-state index in [1.165, 1.54) is 70.8 Å². The predicted octanol–water partition coefficient (Wildman–Crippen LogP) is 4.52. The van der Waals surface area contributed by atoms with E-state index in [1.54, 1.807) is 0 Å². The Balaban J connectivity index is 1.55. The zero-order valence-corrected chi connectivity index (χ0v) is 11.9. The molecule has 0 spiro atoms. The predicted molar refractivity (Wildman–Crippen MR) is 75.2 cm³/mol. The maximum Gasteiger partial charge on any atom is 0.00721 e. The van der Waals surface area contributed by atoms with E-state index in [-0.39, 0.29) is 0 Å². The van der Waals surface area contributed by atoms with Crippen LogP contribution in [0.3, 0.4) is 0 Å². The molecule has 0 aromatic carbocycles. The van der Waals surface area contributed by atoms with Gasteiger partial charge in [0.25, 0.3) is 0 Å². The fourth-order valence-electron chi connectivity index (χ4n) is 3.87. The average molecular weight is 237 g/mol. The summed E-state index contributed by atoms with van der Waals surface area (Å²) in [6.07, 6.45) is 14.5. The first-order valence-electron chi connectivity index (χ1n) is 7.89. The van der Waals surface area contributed by atoms with Crippen LogP contribution in [0.2, 0.25) is 0 Å². The molecule has 1 N–H and O–H groups in total. The number of nitrogens with one attached hydrogen (secondary N) is 1. The lowest BCUT2D eigenvalue weighted by molar-refractivity contribution is 0.198. The second-order valence-corrected chi connectivity index (χ2v) is 7.20. The van der Waals surface area contributed by atoms with Crippen LogP contribution < -0.4 is 5.32 Å². The topological polar surface area (TPSA) is 12.0 Å². The van der Waals surface area contributed by atoms with E-state index in [1.807, 2.05) is 0 Å². The molecule has 2 saturated carbocycles. The summed E-state index contributed by atoms with van der Waals surface area (Å²) in [6, 6.07) is 0.808. The number of hydrogen-bond donors (Lipinski definition) is 1. The van der Waals surface area contributed by atoms with Crippen molar-refractivity contribution < 1.29 is 0 Å². The third-order valence-electron chi connectivity index (χ3n) is 4.90. The minimum absolute atomic E-state index is 0.585. The maximum absolute atomic E-state index is 3.80. The minimum atomic E-state index is 0.585. The summed E-state index contributed by atoms with van der Waals surface area (Å²) in [7, 11) is 0. The van der Waals surface area contributed by atoms with E-state index in [2.05, 4.69) is 19.2 Å². The van der Waals surface area contributed by atoms with Gasteiger partial charge in [-0.15, -0.1) is 0 Å². The molecular weight excluding hydrogens is 206 g/mol. The molecule has 1 atom stereocenters. The first-order chi connectivity index (χ1) is 8.16. The van der Waals surface area contributed by atoms with Gasteiger partial charge in [0.1, 0.15) is 0 Å². The van der Waals surface area contributed by atoms with Crippen molar-refractivity contribution >= 4 is 0 Å². The monoisotopic (exact) mass is 237 g/mol. The van der Waals surface area contributed by atoms with Crippen LogP contribution in [0.4, 0.5) is 0 Å². The molecule has 0 aliphatic heterocycles. The van der Waals surface area contributed by atoms with E-state index in [0.717, 1.165) is 12.0 Å². The van der Waals surface area contributed by atoms with Gasteiger partial charge in [-0.25, -0.2) is 0 Å². The van der Waals surface area contributed by atoms with Crippen LogP contribution in [0.5, 0.6) is 0 Å². The third kappa shape index (κ3) is 4.62. The molecule has 0 heterocycles. The average Bonchev–Trinajstić information content (AvgIpc) is 2.76. The lowest BCUT2D eigenvalue weighted by atomic mass is 9.75. The third-order valence-corrected chi connectivity index (χ3v) is 4.90. The number of rotatable bonds is 5. The summed E-state index contributed by atoms with van der Waals surface area (Å²) in [5.41, 5.74) is 0.585. The SMILES string of the molecule is CC1(C)CCCC(NCCCC2CCCC2)C1. The summed E-state index contributed by atoms with van der Waals surface area (Å²) in [5, 5.41) is 3.80. The highest BCUT2D eigenvalue weighted by atomic mass is 14.9. The first-order valence-corrected chi connectivity index (χ1v) is 7.89. The molecule has 0 amide bonds. The fraction of sp³-hybridized carbons (Fsp3) is 1.00. The molecule has 0 aromatic rings. The van der Waals surface area contributed by atoms with Gasteiger partial charge in [0.05, 0.1) is 0 Å². The Bertz CT molecular complexity index is 216. The molecule has 0 aromatic heterocycles. The van der Waals surface area contributed by atoms with Crippen molar-refractivity contribution in [3.8, 4) is 0 Å². The zero-order chi connectivity index (χ0) is 12.1. The Hall–Kier alpha value is -0.0400. The second kappa shape index (κ2) is 6.22. The summed E-state index contributed by atoms with van der Waals surface area (Å²) >= 11 is 0. The van der Waals surface area contributed by atoms with Crippen LogP contribution in [-0.2, 0) is 0 Å². The van der Waals surface area contributed by atoms with Crippen molar-refractivity contribution in [2.24, 2.45) is 11.3 Å². The summed E-state index contributed by atoms with van der Waals surface area (Å²) in [4.78, 5) is 0. The Kier molecular flexibility index (Phi) is 4.90. The molecule has 0 radical (unpaired) electrons. The van der Waals surface area contributed by atoms with E-state index in [0.29, 0.717) is 5.41 Å². The van der Waals surface area contributed by atoms with Crippen molar-refractivity contribution in [3.63, 3.8) is 0 Å². The van der Waals surface area contributed by atoms with E-state index >= 15 is 0 Å². The quantitative estimate of drug-likeness (QED) is 0.693. The molecule has 2 fully saturated rings. The van der Waals surface area contributed by atoms with Gasteiger partial charge in [0, 0.05) is 6.04 Å². The number of hydrogen-bond acceptors (Lipinski definition) is 1. The minimum Gasteiger partial charge on any atom is -0.314 e. The van der Waals surface area contributed by atoms with Crippen molar-refractivity contribution in [2.75, 3.05) is 6.54 Å². The summed E-state index contributed by atoms with van der Waals surface area (Å²) in [6.45, 7) is 6.12. The maximum atomic E-state index is 3.80. The van der Waals surface area contributed by atoms with E-state index in [4.69, 9.17) is 0 Å². The van der Waals surface area contributed by atoms with Crippen molar-refractivity contribution in [1.82, 2.24) is 5.32 Å². The van der Waals surface area contributed by atoms with E-state index in [9.17, 15) is 0 Å². The van der Waals surface area contributed by atoms with Crippen LogP contribution >= 0.6 is 0 Å². The molecule has 2 aliphatic rings. The lowest BCUT2D eigenvalue weighted by Crippen LogP contribution is -2.37. The highest BCUT2D eigenvalue weighted by Gasteiger charge is 2.27. The van der Waals surface area contributed by atoms with Crippen LogP contribution in [0.25, 0.3) is 0 Å². The Morgan fingerprint density at radius 3 is 2.53 bits per heavy atom. The van der Waals surface area contributed by atoms with Gasteiger partial charge in [0.2, 0.25) is 0 Å². The standard InChI is InChI=1S/C16H31N/c1-16(2)11-5-10-15(13-16)17-12-6-9-14-7-3-4-8-14/h14-15,17H,3-13H2,1-2H3. The summed E-state index contributed by atoms with van der Waals surface area (Å²) < 4.78 is 0. The van der Waals surface area contributed by atoms with Crippen LogP contribution in [-0.4, -0.2) is 12.6 Å². The molecule has 100 valence electrons. The largest absolute Gasteiger partial charge is 0.314 e. The van der Waals surface area contributed by atoms with Gasteiger partial charge in [0.15, 0.2) is 0 Å². The van der Waals surface area contributed by atoms with Gasteiger partial charge in [-0.2, -0.15) is 0 Å². The Morgan fingerprint density at radius 2 is 1.82 bits per heavy atom. The highest BCUT2D eigenvalue weighted by molar-refractivity contribution is 4.83. The van der Waals surface area contributed by atoms with Crippen molar-refractivity contribution in [2.45, 2.75) is 84.1 Å². The van der Waals surface area contributed by atoms with Gasteiger partial charge in [-0.1, -0.05) is 46.0 Å². The van der Waals surface area contributed by atoms with Crippen LogP contribution in [0, 0.1) is 11.3 Å². The molecule has 1 heteroatoms. The van der Waals surface area contributed by atoms with E-state index < -0.39 is 0 Å². The zero-order valence-electron chi connectivity index (χ0n) is 11.9. The molecular formula is C16H31N. The first kappa shape index (κ1) is 13.4. The Morgan fingerprint density at radius 1 is 1.06 bits per heavy atom. The molecule has 2 aliphatic carbocycles. The van der Waals surface area contributed by atoms with Crippen molar-refractivity contribution in [1.29, 1.82) is 0 Å². The second-order valence-electron chi connectivity index (χ2n) is 7.20. The van der Waals surface area contributed by atoms with Gasteiger partial charge < -0.3 is 5.32 Å². The molecule has 0 bridgehead atoms. The molecule has 17 heavy (non-hydrogen) atoms. The smallest absolute Gasteiger partial charge is 0.00721 e. The van der Waals surface area contributed by atoms with Gasteiger partial charge in [-0.3, -0.25) is 0 Å². The normalized spacial score (nSPS) is 29.6. The molecule has 1 nitrogen and oxygen atoms in total. The van der Waals surface area contributed by atoms with Crippen molar-refractivity contribution in [3.05, 3.63) is 0 Å². The van der Waals surface area contributed by atoms with Gasteiger partial charge >= 0.3 is 0 Å². The van der Waals surface area contributed by atoms with Crippen LogP contribution in [0.1, 0.15) is 78.1 Å². The van der Waals surface area contributed by atoms with Gasteiger partial charge in [-0.05, 0) is 50.0 Å².